The molecule has 0 spiro atoms. The van der Waals surface area contributed by atoms with Crippen molar-refractivity contribution in [2.75, 3.05) is 26.2 Å². The molecule has 3 heterocycles. The molecule has 2 aliphatic heterocycles. The molecule has 0 saturated carbocycles. The van der Waals surface area contributed by atoms with Gasteiger partial charge in [0.2, 0.25) is 5.91 Å². The zero-order valence-corrected chi connectivity index (χ0v) is 20.1. The van der Waals surface area contributed by atoms with Gasteiger partial charge in [-0.05, 0) is 24.6 Å². The highest BCUT2D eigenvalue weighted by atomic mass is 19.4. The maximum atomic E-state index is 14.1. The van der Waals surface area contributed by atoms with Crippen LogP contribution in [0.1, 0.15) is 23.6 Å². The van der Waals surface area contributed by atoms with Crippen LogP contribution in [0.4, 0.5) is 13.2 Å². The average molecular weight is 501 g/mol. The van der Waals surface area contributed by atoms with Crippen molar-refractivity contribution in [3.05, 3.63) is 53.7 Å². The van der Waals surface area contributed by atoms with Gasteiger partial charge in [0.05, 0.1) is 11.6 Å². The van der Waals surface area contributed by atoms with Crippen LogP contribution in [0, 0.1) is 0 Å². The van der Waals surface area contributed by atoms with Gasteiger partial charge >= 0.3 is 6.18 Å². The van der Waals surface area contributed by atoms with Gasteiger partial charge in [0.15, 0.2) is 0 Å². The lowest BCUT2D eigenvalue weighted by molar-refractivity contribution is -0.137. The Morgan fingerprint density at radius 1 is 1.31 bits per heavy atom. The van der Waals surface area contributed by atoms with E-state index in [1.54, 1.807) is 22.8 Å². The fourth-order valence-electron chi connectivity index (χ4n) is 5.41. The number of nitrogens with zero attached hydrogens (tertiary/aromatic N) is 4. The van der Waals surface area contributed by atoms with Crippen molar-refractivity contribution in [1.29, 1.82) is 0 Å². The molecule has 1 fully saturated rings. The van der Waals surface area contributed by atoms with Crippen molar-refractivity contribution >= 4 is 16.8 Å². The van der Waals surface area contributed by atoms with Gasteiger partial charge in [-0.25, -0.2) is 0 Å². The first kappa shape index (κ1) is 24.2. The van der Waals surface area contributed by atoms with E-state index in [0.29, 0.717) is 54.8 Å². The largest absolute Gasteiger partial charge is 0.507 e. The van der Waals surface area contributed by atoms with Crippen molar-refractivity contribution in [3.63, 3.8) is 0 Å². The fraction of sp³-hybridized carbons (Fsp3) is 0.385. The normalized spacial score (nSPS) is 18.4. The molecular formula is C26H27F3N4O3. The topological polar surface area (TPSA) is 70.8 Å². The van der Waals surface area contributed by atoms with Crippen LogP contribution < -0.4 is 4.74 Å². The number of hydrogen-bond donors (Lipinski definition) is 1. The Bertz CT molecular complexity index is 1360. The van der Waals surface area contributed by atoms with Crippen molar-refractivity contribution in [2.24, 2.45) is 7.05 Å². The monoisotopic (exact) mass is 500 g/mol. The van der Waals surface area contributed by atoms with Crippen molar-refractivity contribution < 1.29 is 27.8 Å². The summed E-state index contributed by atoms with van der Waals surface area (Å²) in [4.78, 5) is 16.1. The van der Waals surface area contributed by atoms with E-state index in [-0.39, 0.29) is 29.7 Å². The van der Waals surface area contributed by atoms with Gasteiger partial charge in [0.1, 0.15) is 23.6 Å². The standard InChI is InChI=1S/C26H27F3N4O3/c1-4-16-22(23-19(26(27,28)29)7-6-8-20(23)34)17-12-31(3)30-24(17)18-13-32-9-10-33(21(35)5-2)11-15(32)14-36-25(16)18/h5-8,12,15,34H,2,4,9-11,13-14H2,1,3H3/t15-/m1/s1. The van der Waals surface area contributed by atoms with Gasteiger partial charge in [-0.15, -0.1) is 0 Å². The predicted molar refractivity (Wildman–Crippen MR) is 129 cm³/mol. The number of ether oxygens (including phenoxy) is 1. The Hall–Kier alpha value is -3.53. The number of aryl methyl sites for hydroxylation is 1. The second kappa shape index (κ2) is 8.85. The third-order valence-electron chi connectivity index (χ3n) is 7.06. The summed E-state index contributed by atoms with van der Waals surface area (Å²) in [5, 5.41) is 15.9. The third-order valence-corrected chi connectivity index (χ3v) is 7.06. The van der Waals surface area contributed by atoms with Gasteiger partial charge in [-0.1, -0.05) is 19.6 Å². The SMILES string of the molecule is C=CC(=O)N1CCN2Cc3c(c(CC)c(-c4c(O)cccc4C(F)(F)F)c4cn(C)nc34)OC[C@H]2C1. The minimum Gasteiger partial charge on any atom is -0.507 e. The lowest BCUT2D eigenvalue weighted by Crippen LogP contribution is -2.55. The molecule has 1 N–H and O–H groups in total. The molecule has 2 aromatic carbocycles. The Balaban J connectivity index is 1.72. The molecule has 190 valence electrons. The summed E-state index contributed by atoms with van der Waals surface area (Å²) in [6.45, 7) is 7.84. The van der Waals surface area contributed by atoms with Gasteiger partial charge in [0.25, 0.3) is 0 Å². The molecule has 1 aromatic heterocycles. The van der Waals surface area contributed by atoms with Crippen LogP contribution in [0.15, 0.2) is 37.1 Å². The van der Waals surface area contributed by atoms with E-state index in [1.165, 1.54) is 18.2 Å². The smallest absolute Gasteiger partial charge is 0.417 e. The van der Waals surface area contributed by atoms with E-state index in [2.05, 4.69) is 16.6 Å². The summed E-state index contributed by atoms with van der Waals surface area (Å²) in [6.07, 6.45) is -1.28. The summed E-state index contributed by atoms with van der Waals surface area (Å²) < 4.78 is 50.1. The summed E-state index contributed by atoms with van der Waals surface area (Å²) in [7, 11) is 1.72. The van der Waals surface area contributed by atoms with E-state index < -0.39 is 17.5 Å². The number of alkyl halides is 3. The number of amides is 1. The average Bonchev–Trinajstić information content (AvgIpc) is 3.12. The Labute approximate surface area is 206 Å². The van der Waals surface area contributed by atoms with Crippen LogP contribution in [-0.2, 0) is 31.0 Å². The van der Waals surface area contributed by atoms with Crippen LogP contribution in [0.2, 0.25) is 0 Å². The first-order valence-corrected chi connectivity index (χ1v) is 11.8. The maximum Gasteiger partial charge on any atom is 0.417 e. The van der Waals surface area contributed by atoms with Crippen LogP contribution >= 0.6 is 0 Å². The van der Waals surface area contributed by atoms with Crippen LogP contribution in [0.3, 0.4) is 0 Å². The zero-order chi connectivity index (χ0) is 25.8. The minimum absolute atomic E-state index is 0.0853. The van der Waals surface area contributed by atoms with Crippen LogP contribution in [0.25, 0.3) is 22.0 Å². The van der Waals surface area contributed by atoms with Gasteiger partial charge in [-0.2, -0.15) is 18.3 Å². The number of phenols is 1. The number of piperazine rings is 1. The highest BCUT2D eigenvalue weighted by Gasteiger charge is 2.39. The van der Waals surface area contributed by atoms with Crippen LogP contribution in [0.5, 0.6) is 11.5 Å². The lowest BCUT2D eigenvalue weighted by Gasteiger charge is -2.39. The van der Waals surface area contributed by atoms with Crippen molar-refractivity contribution in [2.45, 2.75) is 32.1 Å². The number of carbonyl (C=O) groups is 1. The first-order valence-electron chi connectivity index (χ1n) is 11.8. The molecule has 36 heavy (non-hydrogen) atoms. The van der Waals surface area contributed by atoms with Crippen molar-refractivity contribution in [1.82, 2.24) is 19.6 Å². The molecular weight excluding hydrogens is 473 g/mol. The molecule has 2 aliphatic rings. The molecule has 1 saturated heterocycles. The van der Waals surface area contributed by atoms with E-state index in [9.17, 15) is 23.1 Å². The highest BCUT2D eigenvalue weighted by molar-refractivity contribution is 6.02. The molecule has 3 aromatic rings. The van der Waals surface area contributed by atoms with Gasteiger partial charge in [-0.3, -0.25) is 14.4 Å². The van der Waals surface area contributed by atoms with Crippen molar-refractivity contribution in [3.8, 4) is 22.6 Å². The third kappa shape index (κ3) is 3.89. The molecule has 5 rings (SSSR count). The quantitative estimate of drug-likeness (QED) is 0.548. The molecule has 1 amide bonds. The summed E-state index contributed by atoms with van der Waals surface area (Å²) >= 11 is 0. The number of aromatic nitrogens is 2. The maximum absolute atomic E-state index is 14.1. The second-order valence-corrected chi connectivity index (χ2v) is 9.20. The van der Waals surface area contributed by atoms with E-state index in [0.717, 1.165) is 11.6 Å². The Morgan fingerprint density at radius 2 is 2.08 bits per heavy atom. The first-order chi connectivity index (χ1) is 17.1. The molecule has 0 unspecified atom stereocenters. The number of benzene rings is 2. The second-order valence-electron chi connectivity index (χ2n) is 9.20. The van der Waals surface area contributed by atoms with Gasteiger partial charge in [0, 0.05) is 67.1 Å². The molecule has 0 radical (unpaired) electrons. The summed E-state index contributed by atoms with van der Waals surface area (Å²) in [5.41, 5.74) is 1.05. The van der Waals surface area contributed by atoms with E-state index >= 15 is 0 Å². The molecule has 10 heteroatoms. The number of carbonyl (C=O) groups excluding carboxylic acids is 1. The molecule has 0 bridgehead atoms. The number of fused-ring (bicyclic) bond motifs is 4. The molecule has 0 aliphatic carbocycles. The Kier molecular flexibility index (Phi) is 5.94. The fourth-order valence-corrected chi connectivity index (χ4v) is 5.41. The lowest BCUT2D eigenvalue weighted by atomic mass is 9.88. The molecule has 1 atom stereocenters. The summed E-state index contributed by atoms with van der Waals surface area (Å²) in [5.74, 6) is -0.0837. The highest BCUT2D eigenvalue weighted by Crippen LogP contribution is 2.49. The Morgan fingerprint density at radius 3 is 2.78 bits per heavy atom. The molecule has 7 nitrogen and oxygen atoms in total. The minimum atomic E-state index is -4.66. The number of phenolic OH excluding ortho intramolecular Hbond substituents is 1. The van der Waals surface area contributed by atoms with Gasteiger partial charge < -0.3 is 14.7 Å². The number of aromatic hydroxyl groups is 1. The summed E-state index contributed by atoms with van der Waals surface area (Å²) in [6, 6.07) is 3.36. The van der Waals surface area contributed by atoms with Crippen LogP contribution in [-0.4, -0.2) is 62.9 Å². The predicted octanol–water partition coefficient (Wildman–Crippen LogP) is 4.12. The zero-order valence-electron chi connectivity index (χ0n) is 20.1. The number of hydrogen-bond acceptors (Lipinski definition) is 5. The van der Waals surface area contributed by atoms with E-state index in [1.807, 2.05) is 6.92 Å². The number of rotatable bonds is 3. The number of halogens is 3. The van der Waals surface area contributed by atoms with E-state index in [4.69, 9.17) is 4.74 Å².